The molecule has 1 N–H and O–H groups in total. The second-order valence-corrected chi connectivity index (χ2v) is 8.28. The molecule has 6 heteroatoms. The highest BCUT2D eigenvalue weighted by Crippen LogP contribution is 2.28. The molecule has 27 heavy (non-hydrogen) atoms. The maximum absolute atomic E-state index is 12.8. The van der Waals surface area contributed by atoms with Crippen molar-refractivity contribution in [3.8, 4) is 5.69 Å². The Morgan fingerprint density at radius 1 is 1.26 bits per heavy atom. The van der Waals surface area contributed by atoms with E-state index in [2.05, 4.69) is 60.4 Å². The van der Waals surface area contributed by atoms with Crippen molar-refractivity contribution in [2.75, 3.05) is 0 Å². The number of thiazole rings is 1. The number of aryl methyl sites for hydroxylation is 1. The summed E-state index contributed by atoms with van der Waals surface area (Å²) in [6, 6.07) is 8.27. The first-order valence-corrected chi connectivity index (χ1v) is 10.3. The second-order valence-electron chi connectivity index (χ2n) is 7.39. The van der Waals surface area contributed by atoms with Gasteiger partial charge in [-0.2, -0.15) is 5.10 Å². The van der Waals surface area contributed by atoms with Crippen LogP contribution in [-0.2, 0) is 19.4 Å². The van der Waals surface area contributed by atoms with E-state index in [-0.39, 0.29) is 5.91 Å². The average molecular weight is 381 g/mol. The third-order valence-electron chi connectivity index (χ3n) is 4.92. The maximum atomic E-state index is 12.8. The molecule has 5 nitrogen and oxygen atoms in total. The van der Waals surface area contributed by atoms with Crippen LogP contribution in [0.3, 0.4) is 0 Å². The summed E-state index contributed by atoms with van der Waals surface area (Å²) < 4.78 is 1.94. The minimum Gasteiger partial charge on any atom is -0.345 e. The van der Waals surface area contributed by atoms with Crippen LogP contribution in [0.1, 0.15) is 64.2 Å². The summed E-state index contributed by atoms with van der Waals surface area (Å²) in [7, 11) is 0. The van der Waals surface area contributed by atoms with Crippen LogP contribution in [0, 0.1) is 6.92 Å². The van der Waals surface area contributed by atoms with Gasteiger partial charge in [0.2, 0.25) is 0 Å². The fourth-order valence-corrected chi connectivity index (χ4v) is 4.28. The van der Waals surface area contributed by atoms with Crippen LogP contribution >= 0.6 is 11.3 Å². The number of carbonyl (C=O) groups is 1. The van der Waals surface area contributed by atoms with Crippen LogP contribution in [0.5, 0.6) is 0 Å². The van der Waals surface area contributed by atoms with Crippen molar-refractivity contribution in [2.45, 2.75) is 52.5 Å². The van der Waals surface area contributed by atoms with E-state index in [0.29, 0.717) is 18.2 Å². The third kappa shape index (κ3) is 3.54. The molecule has 4 rings (SSSR count). The van der Waals surface area contributed by atoms with Crippen LogP contribution in [0.15, 0.2) is 29.6 Å². The van der Waals surface area contributed by atoms with Gasteiger partial charge in [0.1, 0.15) is 0 Å². The Morgan fingerprint density at radius 3 is 2.74 bits per heavy atom. The first-order valence-electron chi connectivity index (χ1n) is 9.43. The largest absolute Gasteiger partial charge is 0.345 e. The molecule has 1 amide bonds. The Hall–Kier alpha value is -2.47. The first-order chi connectivity index (χ1) is 13.0. The van der Waals surface area contributed by atoms with Crippen molar-refractivity contribution < 1.29 is 4.79 Å². The summed E-state index contributed by atoms with van der Waals surface area (Å²) in [6.07, 6.45) is 2.95. The van der Waals surface area contributed by atoms with Crippen molar-refractivity contribution in [1.29, 1.82) is 0 Å². The maximum Gasteiger partial charge on any atom is 0.272 e. The van der Waals surface area contributed by atoms with E-state index >= 15 is 0 Å². The summed E-state index contributed by atoms with van der Waals surface area (Å²) >= 11 is 1.65. The summed E-state index contributed by atoms with van der Waals surface area (Å²) in [6.45, 7) is 6.76. The molecule has 0 saturated heterocycles. The van der Waals surface area contributed by atoms with Gasteiger partial charge in [0.25, 0.3) is 5.91 Å². The van der Waals surface area contributed by atoms with Crippen molar-refractivity contribution in [3.63, 3.8) is 0 Å². The number of carbonyl (C=O) groups excluding carboxylic acids is 1. The minimum atomic E-state index is -0.113. The third-order valence-corrected chi connectivity index (χ3v) is 6.11. The Kier molecular flexibility index (Phi) is 4.83. The molecule has 1 aliphatic rings. The van der Waals surface area contributed by atoms with Gasteiger partial charge in [0.15, 0.2) is 5.69 Å². The molecular weight excluding hydrogens is 356 g/mol. The molecule has 3 aromatic rings. The Morgan fingerprint density at radius 2 is 2.04 bits per heavy atom. The Labute approximate surface area is 163 Å². The molecule has 0 fully saturated rings. The van der Waals surface area contributed by atoms with Crippen LogP contribution in [0.4, 0.5) is 0 Å². The fraction of sp³-hybridized carbons (Fsp3) is 0.381. The lowest BCUT2D eigenvalue weighted by molar-refractivity contribution is 0.0944. The normalized spacial score (nSPS) is 13.2. The van der Waals surface area contributed by atoms with Crippen LogP contribution in [-0.4, -0.2) is 20.7 Å². The molecule has 1 aliphatic carbocycles. The molecule has 0 atom stereocenters. The van der Waals surface area contributed by atoms with E-state index in [4.69, 9.17) is 0 Å². The average Bonchev–Trinajstić information content (AvgIpc) is 3.36. The zero-order valence-corrected chi connectivity index (χ0v) is 16.8. The molecule has 0 saturated carbocycles. The predicted molar refractivity (Wildman–Crippen MR) is 108 cm³/mol. The molecule has 0 radical (unpaired) electrons. The number of nitrogens with one attached hydrogen (secondary N) is 1. The second kappa shape index (κ2) is 7.27. The predicted octanol–water partition coefficient (Wildman–Crippen LogP) is 4.18. The molecule has 140 valence electrons. The highest BCUT2D eigenvalue weighted by molar-refractivity contribution is 7.09. The van der Waals surface area contributed by atoms with E-state index in [1.54, 1.807) is 11.3 Å². The SMILES string of the molecule is Cc1ccc(-n2nc(C(=O)NCc3csc(C(C)C)n3)c3c2CCC3)cc1. The van der Waals surface area contributed by atoms with Gasteiger partial charge in [0, 0.05) is 22.6 Å². The lowest BCUT2D eigenvalue weighted by Crippen LogP contribution is -2.24. The first kappa shape index (κ1) is 17.9. The minimum absolute atomic E-state index is 0.113. The number of amides is 1. The zero-order chi connectivity index (χ0) is 19.0. The van der Waals surface area contributed by atoms with Gasteiger partial charge in [-0.05, 0) is 38.3 Å². The summed E-state index contributed by atoms with van der Waals surface area (Å²) in [5, 5.41) is 10.8. The highest BCUT2D eigenvalue weighted by Gasteiger charge is 2.26. The fourth-order valence-electron chi connectivity index (χ4n) is 3.44. The molecule has 2 heterocycles. The molecule has 0 unspecified atom stereocenters. The summed E-state index contributed by atoms with van der Waals surface area (Å²) in [4.78, 5) is 17.4. The zero-order valence-electron chi connectivity index (χ0n) is 16.0. The Balaban J connectivity index is 1.55. The van der Waals surface area contributed by atoms with Gasteiger partial charge in [-0.15, -0.1) is 11.3 Å². The summed E-state index contributed by atoms with van der Waals surface area (Å²) in [5.74, 6) is 0.297. The standard InChI is InChI=1S/C21H24N4OS/c1-13(2)21-23-15(12-27-21)11-22-20(26)19-17-5-4-6-18(17)25(24-19)16-9-7-14(3)8-10-16/h7-10,12-13H,4-6,11H2,1-3H3,(H,22,26). The van der Waals surface area contributed by atoms with Crippen molar-refractivity contribution in [1.82, 2.24) is 20.1 Å². The number of benzene rings is 1. The van der Waals surface area contributed by atoms with Crippen LogP contribution < -0.4 is 5.32 Å². The van der Waals surface area contributed by atoms with Crippen LogP contribution in [0.2, 0.25) is 0 Å². The van der Waals surface area contributed by atoms with Gasteiger partial charge in [-0.1, -0.05) is 31.5 Å². The molecule has 0 aliphatic heterocycles. The lowest BCUT2D eigenvalue weighted by atomic mass is 10.2. The molecule has 1 aromatic carbocycles. The molecule has 2 aromatic heterocycles. The molecule has 0 spiro atoms. The van der Waals surface area contributed by atoms with Crippen molar-refractivity contribution in [3.05, 3.63) is 62.9 Å². The number of hydrogen-bond acceptors (Lipinski definition) is 4. The van der Waals surface area contributed by atoms with Gasteiger partial charge >= 0.3 is 0 Å². The number of fused-ring (bicyclic) bond motifs is 1. The highest BCUT2D eigenvalue weighted by atomic mass is 32.1. The van der Waals surface area contributed by atoms with Gasteiger partial charge < -0.3 is 5.32 Å². The van der Waals surface area contributed by atoms with Crippen molar-refractivity contribution in [2.24, 2.45) is 0 Å². The number of aromatic nitrogens is 3. The lowest BCUT2D eigenvalue weighted by Gasteiger charge is -2.06. The van der Waals surface area contributed by atoms with Gasteiger partial charge in [-0.3, -0.25) is 4.79 Å². The number of hydrogen-bond donors (Lipinski definition) is 1. The van der Waals surface area contributed by atoms with Crippen LogP contribution in [0.25, 0.3) is 5.69 Å². The Bertz CT molecular complexity index is 969. The van der Waals surface area contributed by atoms with E-state index in [9.17, 15) is 4.79 Å². The topological polar surface area (TPSA) is 59.8 Å². The smallest absolute Gasteiger partial charge is 0.272 e. The van der Waals surface area contributed by atoms with E-state index in [1.165, 1.54) is 11.3 Å². The van der Waals surface area contributed by atoms with E-state index in [1.807, 2.05) is 10.1 Å². The van der Waals surface area contributed by atoms with E-state index < -0.39 is 0 Å². The van der Waals surface area contributed by atoms with Crippen molar-refractivity contribution >= 4 is 17.2 Å². The van der Waals surface area contributed by atoms with Gasteiger partial charge in [0.05, 0.1) is 22.9 Å². The monoisotopic (exact) mass is 380 g/mol. The molecular formula is C21H24N4OS. The van der Waals surface area contributed by atoms with Gasteiger partial charge in [-0.25, -0.2) is 9.67 Å². The number of rotatable bonds is 5. The quantitative estimate of drug-likeness (QED) is 0.722. The molecule has 0 bridgehead atoms. The number of nitrogens with zero attached hydrogens (tertiary/aromatic N) is 3. The summed E-state index contributed by atoms with van der Waals surface area (Å²) in [5.41, 5.74) is 5.95. The van der Waals surface area contributed by atoms with E-state index in [0.717, 1.165) is 41.2 Å².